The van der Waals surface area contributed by atoms with Crippen LogP contribution in [0.25, 0.3) is 0 Å². The molecular formula is C14H23NOS. The van der Waals surface area contributed by atoms with Gasteiger partial charge in [0.15, 0.2) is 0 Å². The van der Waals surface area contributed by atoms with Crippen molar-refractivity contribution >= 4 is 17.2 Å². The van der Waals surface area contributed by atoms with Crippen LogP contribution in [0.15, 0.2) is 6.07 Å². The largest absolute Gasteiger partial charge is 0.351 e. The summed E-state index contributed by atoms with van der Waals surface area (Å²) < 4.78 is 0. The van der Waals surface area contributed by atoms with Crippen LogP contribution in [0.2, 0.25) is 0 Å². The molecule has 1 aromatic heterocycles. The standard InChI is InChI=1S/C14H23NOS/c1-5-11(6-2)9-15-14(16)13-8-12(7-3)10(4)17-13/h8,11H,5-7,9H2,1-4H3,(H,15,16). The Bertz CT molecular complexity index is 366. The summed E-state index contributed by atoms with van der Waals surface area (Å²) in [5, 5.41) is 3.04. The van der Waals surface area contributed by atoms with Crippen molar-refractivity contribution in [3.63, 3.8) is 0 Å². The highest BCUT2D eigenvalue weighted by Gasteiger charge is 2.12. The molecule has 1 heterocycles. The molecule has 1 aromatic rings. The van der Waals surface area contributed by atoms with Gasteiger partial charge in [-0.15, -0.1) is 11.3 Å². The van der Waals surface area contributed by atoms with Crippen LogP contribution in [0.5, 0.6) is 0 Å². The minimum Gasteiger partial charge on any atom is -0.351 e. The molecule has 1 amide bonds. The van der Waals surface area contributed by atoms with Crippen LogP contribution >= 0.6 is 11.3 Å². The van der Waals surface area contributed by atoms with Crippen molar-refractivity contribution in [1.29, 1.82) is 0 Å². The van der Waals surface area contributed by atoms with Gasteiger partial charge < -0.3 is 5.32 Å². The molecule has 0 fully saturated rings. The normalized spacial score (nSPS) is 10.9. The van der Waals surface area contributed by atoms with Crippen molar-refractivity contribution in [2.75, 3.05) is 6.54 Å². The Labute approximate surface area is 108 Å². The number of amides is 1. The molecule has 1 rings (SSSR count). The predicted octanol–water partition coefficient (Wildman–Crippen LogP) is 3.78. The van der Waals surface area contributed by atoms with E-state index >= 15 is 0 Å². The third-order valence-corrected chi connectivity index (χ3v) is 4.42. The van der Waals surface area contributed by atoms with Crippen molar-refractivity contribution in [1.82, 2.24) is 5.32 Å². The number of hydrogen-bond acceptors (Lipinski definition) is 2. The predicted molar refractivity (Wildman–Crippen MR) is 74.8 cm³/mol. The lowest BCUT2D eigenvalue weighted by Gasteiger charge is -2.12. The van der Waals surface area contributed by atoms with E-state index in [1.165, 1.54) is 10.4 Å². The van der Waals surface area contributed by atoms with Crippen molar-refractivity contribution < 1.29 is 4.79 Å². The van der Waals surface area contributed by atoms with Crippen LogP contribution in [-0.2, 0) is 6.42 Å². The highest BCUT2D eigenvalue weighted by atomic mass is 32.1. The van der Waals surface area contributed by atoms with Gasteiger partial charge >= 0.3 is 0 Å². The molecule has 0 aliphatic carbocycles. The SMILES string of the molecule is CCc1cc(C(=O)NCC(CC)CC)sc1C. The van der Waals surface area contributed by atoms with Crippen LogP contribution in [0.1, 0.15) is 53.7 Å². The molecule has 0 aromatic carbocycles. The first-order valence-corrected chi connectivity index (χ1v) is 7.31. The maximum atomic E-state index is 12.0. The lowest BCUT2D eigenvalue weighted by atomic mass is 10.0. The molecule has 1 N–H and O–H groups in total. The van der Waals surface area contributed by atoms with Gasteiger partial charge in [0.2, 0.25) is 0 Å². The fourth-order valence-electron chi connectivity index (χ4n) is 1.88. The number of nitrogens with one attached hydrogen (secondary N) is 1. The van der Waals surface area contributed by atoms with Crippen molar-refractivity contribution in [3.8, 4) is 0 Å². The van der Waals surface area contributed by atoms with E-state index in [2.05, 4.69) is 33.0 Å². The zero-order valence-corrected chi connectivity index (χ0v) is 12.1. The Morgan fingerprint density at radius 3 is 2.47 bits per heavy atom. The lowest BCUT2D eigenvalue weighted by molar-refractivity contribution is 0.0950. The monoisotopic (exact) mass is 253 g/mol. The van der Waals surface area contributed by atoms with E-state index in [0.29, 0.717) is 5.92 Å². The first-order chi connectivity index (χ1) is 8.12. The number of hydrogen-bond donors (Lipinski definition) is 1. The summed E-state index contributed by atoms with van der Waals surface area (Å²) >= 11 is 1.60. The summed E-state index contributed by atoms with van der Waals surface area (Å²) in [4.78, 5) is 14.1. The maximum Gasteiger partial charge on any atom is 0.261 e. The van der Waals surface area contributed by atoms with Gasteiger partial charge in [0.05, 0.1) is 4.88 Å². The molecule has 2 nitrogen and oxygen atoms in total. The number of rotatable bonds is 6. The first kappa shape index (κ1) is 14.2. The van der Waals surface area contributed by atoms with Crippen LogP contribution in [0.4, 0.5) is 0 Å². The van der Waals surface area contributed by atoms with Crippen LogP contribution in [0, 0.1) is 12.8 Å². The first-order valence-electron chi connectivity index (χ1n) is 6.49. The number of thiophene rings is 1. The molecule has 0 atom stereocenters. The fourth-order valence-corrected chi connectivity index (χ4v) is 2.91. The summed E-state index contributed by atoms with van der Waals surface area (Å²) in [7, 11) is 0. The summed E-state index contributed by atoms with van der Waals surface area (Å²) in [6.45, 7) is 9.35. The smallest absolute Gasteiger partial charge is 0.261 e. The molecule has 17 heavy (non-hydrogen) atoms. The Balaban J connectivity index is 2.57. The summed E-state index contributed by atoms with van der Waals surface area (Å²) in [5.74, 6) is 0.690. The Morgan fingerprint density at radius 2 is 2.00 bits per heavy atom. The minimum absolute atomic E-state index is 0.0877. The highest BCUT2D eigenvalue weighted by molar-refractivity contribution is 7.14. The van der Waals surface area contributed by atoms with E-state index < -0.39 is 0 Å². The molecule has 0 aliphatic heterocycles. The molecule has 3 heteroatoms. The van der Waals surface area contributed by atoms with Gasteiger partial charge in [-0.1, -0.05) is 33.6 Å². The number of carbonyl (C=O) groups is 1. The molecule has 0 saturated heterocycles. The van der Waals surface area contributed by atoms with Crippen LogP contribution in [-0.4, -0.2) is 12.5 Å². The van der Waals surface area contributed by atoms with E-state index in [0.717, 1.165) is 30.7 Å². The highest BCUT2D eigenvalue weighted by Crippen LogP contribution is 2.22. The quantitative estimate of drug-likeness (QED) is 0.821. The number of carbonyl (C=O) groups excluding carboxylic acids is 1. The molecule has 0 aliphatic rings. The van der Waals surface area contributed by atoms with E-state index in [1.54, 1.807) is 11.3 Å². The second kappa shape index (κ2) is 6.80. The van der Waals surface area contributed by atoms with Gasteiger partial charge in [-0.25, -0.2) is 0 Å². The Hall–Kier alpha value is -0.830. The number of aryl methyl sites for hydroxylation is 2. The van der Waals surface area contributed by atoms with E-state index in [1.807, 2.05) is 6.07 Å². The molecule has 0 spiro atoms. The van der Waals surface area contributed by atoms with Gasteiger partial charge in [0.25, 0.3) is 5.91 Å². The zero-order valence-electron chi connectivity index (χ0n) is 11.3. The van der Waals surface area contributed by atoms with E-state index in [4.69, 9.17) is 0 Å². The molecular weight excluding hydrogens is 230 g/mol. The van der Waals surface area contributed by atoms with Crippen molar-refractivity contribution in [2.24, 2.45) is 5.92 Å². The van der Waals surface area contributed by atoms with Crippen molar-refractivity contribution in [2.45, 2.75) is 47.0 Å². The van der Waals surface area contributed by atoms with Gasteiger partial charge in [0.1, 0.15) is 0 Å². The minimum atomic E-state index is 0.0877. The third kappa shape index (κ3) is 3.84. The third-order valence-electron chi connectivity index (χ3n) is 3.33. The summed E-state index contributed by atoms with van der Waals surface area (Å²) in [5.41, 5.74) is 1.29. The average Bonchev–Trinajstić information content (AvgIpc) is 2.71. The van der Waals surface area contributed by atoms with Gasteiger partial charge in [-0.3, -0.25) is 4.79 Å². The fraction of sp³-hybridized carbons (Fsp3) is 0.643. The summed E-state index contributed by atoms with van der Waals surface area (Å²) in [6, 6.07) is 2.03. The zero-order chi connectivity index (χ0) is 12.8. The molecule has 0 radical (unpaired) electrons. The van der Waals surface area contributed by atoms with Crippen molar-refractivity contribution in [3.05, 3.63) is 21.4 Å². The maximum absolute atomic E-state index is 12.0. The molecule has 96 valence electrons. The average molecular weight is 253 g/mol. The van der Waals surface area contributed by atoms with Gasteiger partial charge in [-0.2, -0.15) is 0 Å². The lowest BCUT2D eigenvalue weighted by Crippen LogP contribution is -2.28. The van der Waals surface area contributed by atoms with Gasteiger partial charge in [0, 0.05) is 11.4 Å². The van der Waals surface area contributed by atoms with E-state index in [-0.39, 0.29) is 5.91 Å². The molecule has 0 bridgehead atoms. The second-order valence-corrected chi connectivity index (χ2v) is 5.69. The molecule has 0 unspecified atom stereocenters. The summed E-state index contributed by atoms with van der Waals surface area (Å²) in [6.07, 6.45) is 3.25. The second-order valence-electron chi connectivity index (χ2n) is 4.44. The van der Waals surface area contributed by atoms with Gasteiger partial charge in [-0.05, 0) is 30.9 Å². The Morgan fingerprint density at radius 1 is 1.35 bits per heavy atom. The molecule has 0 saturated carbocycles. The topological polar surface area (TPSA) is 29.1 Å². The van der Waals surface area contributed by atoms with Crippen LogP contribution in [0.3, 0.4) is 0 Å². The van der Waals surface area contributed by atoms with Crippen LogP contribution < -0.4 is 5.32 Å². The Kier molecular flexibility index (Phi) is 5.69. The van der Waals surface area contributed by atoms with E-state index in [9.17, 15) is 4.79 Å².